The molecule has 2 aromatic carbocycles. The molecule has 15 heteroatoms. The molecule has 0 spiro atoms. The summed E-state index contributed by atoms with van der Waals surface area (Å²) in [5, 5.41) is 26.4. The van der Waals surface area contributed by atoms with Crippen LogP contribution in [0.2, 0.25) is 0 Å². The minimum atomic E-state index is -0.965. The van der Waals surface area contributed by atoms with E-state index >= 15 is 0 Å². The highest BCUT2D eigenvalue weighted by Crippen LogP contribution is 2.25. The van der Waals surface area contributed by atoms with Crippen molar-refractivity contribution in [3.05, 3.63) is 73.8 Å². The van der Waals surface area contributed by atoms with E-state index in [1.165, 1.54) is 12.1 Å². The molecule has 2 aliphatic heterocycles. The van der Waals surface area contributed by atoms with E-state index < -0.39 is 27.2 Å². The Kier molecular flexibility index (Phi) is 7.70. The number of aromatic nitrogens is 3. The number of rotatable bonds is 9. The summed E-state index contributed by atoms with van der Waals surface area (Å²) in [5.74, 6) is 0.783. The van der Waals surface area contributed by atoms with Crippen molar-refractivity contribution in [2.75, 3.05) is 41.4 Å². The highest BCUT2D eigenvalue weighted by molar-refractivity contribution is 5.92. The number of carbonyl (C=O) groups excluding carboxylic acids is 1. The molecule has 3 heterocycles. The van der Waals surface area contributed by atoms with Gasteiger partial charge in [-0.05, 0) is 55.5 Å². The van der Waals surface area contributed by atoms with E-state index in [1.54, 1.807) is 18.3 Å². The zero-order valence-corrected chi connectivity index (χ0v) is 21.3. The molecule has 2 aliphatic rings. The van der Waals surface area contributed by atoms with Crippen LogP contribution in [0, 0.1) is 20.2 Å². The van der Waals surface area contributed by atoms with Crippen LogP contribution in [0.1, 0.15) is 41.6 Å². The Morgan fingerprint density at radius 2 is 1.38 bits per heavy atom. The molecule has 1 N–H and O–H groups in total. The number of benzene rings is 2. The Morgan fingerprint density at radius 3 is 1.88 bits per heavy atom. The molecule has 3 aromatic rings. The van der Waals surface area contributed by atoms with Crippen LogP contribution < -0.4 is 20.0 Å². The van der Waals surface area contributed by atoms with Gasteiger partial charge in [-0.1, -0.05) is 0 Å². The molecule has 40 heavy (non-hydrogen) atoms. The highest BCUT2D eigenvalue weighted by atomic mass is 16.6. The van der Waals surface area contributed by atoms with Crippen molar-refractivity contribution in [2.24, 2.45) is 5.10 Å². The predicted octanol–water partition coefficient (Wildman–Crippen LogP) is 3.55. The lowest BCUT2D eigenvalue weighted by atomic mass is 10.1. The topological polar surface area (TPSA) is 182 Å². The molecule has 0 saturated carbocycles. The molecule has 2 fully saturated rings. The first kappa shape index (κ1) is 26.4. The number of ether oxygens (including phenoxy) is 1. The minimum absolute atomic E-state index is 0.146. The first-order valence-corrected chi connectivity index (χ1v) is 12.7. The van der Waals surface area contributed by atoms with E-state index in [0.717, 1.165) is 70.1 Å². The van der Waals surface area contributed by atoms with Gasteiger partial charge >= 0.3 is 5.97 Å². The Morgan fingerprint density at radius 1 is 0.850 bits per heavy atom. The molecule has 0 unspecified atom stereocenters. The fourth-order valence-corrected chi connectivity index (χ4v) is 4.40. The lowest BCUT2D eigenvalue weighted by Gasteiger charge is -2.20. The number of carbonyl (C=O) groups is 1. The average Bonchev–Trinajstić information content (AvgIpc) is 3.69. The van der Waals surface area contributed by atoms with Crippen LogP contribution >= 0.6 is 0 Å². The third-order valence-electron chi connectivity index (χ3n) is 6.42. The summed E-state index contributed by atoms with van der Waals surface area (Å²) in [7, 11) is 0. The minimum Gasteiger partial charge on any atom is -0.423 e. The molecule has 0 bridgehead atoms. The Hall–Kier alpha value is -5.21. The molecule has 0 amide bonds. The average molecular weight is 548 g/mol. The van der Waals surface area contributed by atoms with Crippen LogP contribution in [-0.2, 0) is 0 Å². The zero-order valence-electron chi connectivity index (χ0n) is 21.3. The summed E-state index contributed by atoms with van der Waals surface area (Å²) in [5.41, 5.74) is 2.07. The molecular weight excluding hydrogens is 522 g/mol. The Bertz CT molecular complexity index is 1390. The van der Waals surface area contributed by atoms with Crippen molar-refractivity contribution in [3.8, 4) is 5.75 Å². The van der Waals surface area contributed by atoms with E-state index in [2.05, 4.69) is 35.3 Å². The lowest BCUT2D eigenvalue weighted by Crippen LogP contribution is -2.25. The van der Waals surface area contributed by atoms with Gasteiger partial charge in [0, 0.05) is 38.3 Å². The third-order valence-corrected chi connectivity index (χ3v) is 6.42. The van der Waals surface area contributed by atoms with Gasteiger partial charge in [-0.2, -0.15) is 20.1 Å². The van der Waals surface area contributed by atoms with Gasteiger partial charge < -0.3 is 14.5 Å². The lowest BCUT2D eigenvalue weighted by molar-refractivity contribution is -0.394. The fraction of sp³-hybridized carbons (Fsp3) is 0.320. The molecular formula is C25H25N9O6. The molecule has 0 radical (unpaired) electrons. The van der Waals surface area contributed by atoms with E-state index in [-0.39, 0.29) is 11.3 Å². The molecule has 1 aromatic heterocycles. The van der Waals surface area contributed by atoms with Crippen molar-refractivity contribution in [1.29, 1.82) is 0 Å². The van der Waals surface area contributed by atoms with Crippen molar-refractivity contribution in [3.63, 3.8) is 0 Å². The fourth-order valence-electron chi connectivity index (χ4n) is 4.40. The predicted molar refractivity (Wildman–Crippen MR) is 145 cm³/mol. The van der Waals surface area contributed by atoms with Gasteiger partial charge in [0.15, 0.2) is 0 Å². The third kappa shape index (κ3) is 6.25. The zero-order chi connectivity index (χ0) is 28.1. The monoisotopic (exact) mass is 547 g/mol. The van der Waals surface area contributed by atoms with E-state index in [0.29, 0.717) is 23.4 Å². The van der Waals surface area contributed by atoms with Gasteiger partial charge in [0.25, 0.3) is 11.4 Å². The molecule has 5 rings (SSSR count). The smallest absolute Gasteiger partial charge is 0.344 e. The molecule has 0 aliphatic carbocycles. The Labute approximate surface area is 227 Å². The number of nitrogens with zero attached hydrogens (tertiary/aromatic N) is 8. The number of hydrogen-bond acceptors (Lipinski definition) is 13. The number of hydrogen-bond donors (Lipinski definition) is 1. The highest BCUT2D eigenvalue weighted by Gasteiger charge is 2.22. The van der Waals surface area contributed by atoms with Gasteiger partial charge in [-0.25, -0.2) is 10.2 Å². The molecule has 206 valence electrons. The van der Waals surface area contributed by atoms with Gasteiger partial charge in [0.05, 0.1) is 27.7 Å². The molecule has 2 saturated heterocycles. The van der Waals surface area contributed by atoms with Gasteiger partial charge in [-0.15, -0.1) is 0 Å². The first-order chi connectivity index (χ1) is 19.4. The van der Waals surface area contributed by atoms with Crippen LogP contribution in [-0.4, -0.2) is 63.2 Å². The maximum atomic E-state index is 12.5. The first-order valence-electron chi connectivity index (χ1n) is 12.7. The van der Waals surface area contributed by atoms with Crippen molar-refractivity contribution in [2.45, 2.75) is 25.7 Å². The van der Waals surface area contributed by atoms with Crippen molar-refractivity contribution >= 4 is 41.4 Å². The second-order valence-electron chi connectivity index (χ2n) is 9.23. The number of esters is 1. The quantitative estimate of drug-likeness (QED) is 0.135. The van der Waals surface area contributed by atoms with Crippen LogP contribution in [0.4, 0.5) is 29.2 Å². The van der Waals surface area contributed by atoms with Crippen LogP contribution in [0.5, 0.6) is 5.75 Å². The van der Waals surface area contributed by atoms with E-state index in [4.69, 9.17) is 4.74 Å². The largest absolute Gasteiger partial charge is 0.423 e. The number of anilines is 3. The van der Waals surface area contributed by atoms with Crippen molar-refractivity contribution in [1.82, 2.24) is 15.0 Å². The maximum absolute atomic E-state index is 12.5. The Balaban J connectivity index is 1.25. The van der Waals surface area contributed by atoms with Gasteiger partial charge in [0.2, 0.25) is 17.8 Å². The second kappa shape index (κ2) is 11.7. The summed E-state index contributed by atoms with van der Waals surface area (Å²) in [6.45, 7) is 3.62. The standard InChI is InChI=1S/C25H25N9O6/c35-22(18-13-19(33(36)37)15-20(14-18)34(38)39)40-21-7-5-17(6-8-21)16-26-30-23-27-24(31-9-1-2-10-31)29-25(28-23)32-11-3-4-12-32/h5-8,13-16H,1-4,9-12H2,(H,27,28,29,30)/b26-16-. The van der Waals surface area contributed by atoms with Crippen molar-refractivity contribution < 1.29 is 19.4 Å². The normalized spacial score (nSPS) is 15.0. The van der Waals surface area contributed by atoms with Crippen LogP contribution in [0.3, 0.4) is 0 Å². The summed E-state index contributed by atoms with van der Waals surface area (Å²) >= 11 is 0. The summed E-state index contributed by atoms with van der Waals surface area (Å²) in [6, 6.07) is 8.91. The van der Waals surface area contributed by atoms with Crippen LogP contribution in [0.15, 0.2) is 47.6 Å². The second-order valence-corrected chi connectivity index (χ2v) is 9.23. The molecule has 15 nitrogen and oxygen atoms in total. The number of nitro benzene ring substituents is 2. The summed E-state index contributed by atoms with van der Waals surface area (Å²) in [6.07, 6.45) is 5.94. The maximum Gasteiger partial charge on any atom is 0.344 e. The number of non-ortho nitro benzene ring substituents is 2. The number of nitrogens with one attached hydrogen (secondary N) is 1. The molecule has 0 atom stereocenters. The SMILES string of the molecule is O=C(Oc1ccc(/C=N\Nc2nc(N3CCCC3)nc(N3CCCC3)n2)cc1)c1cc([N+](=O)[O-])cc([N+](=O)[O-])c1. The summed E-state index contributed by atoms with van der Waals surface area (Å²) in [4.78, 5) is 51.0. The van der Waals surface area contributed by atoms with Gasteiger partial charge in [-0.3, -0.25) is 20.2 Å². The summed E-state index contributed by atoms with van der Waals surface area (Å²) < 4.78 is 5.24. The number of nitro groups is 2. The number of hydrazone groups is 1. The van der Waals surface area contributed by atoms with E-state index in [1.807, 2.05) is 0 Å². The van der Waals surface area contributed by atoms with Crippen LogP contribution in [0.25, 0.3) is 0 Å². The van der Waals surface area contributed by atoms with E-state index in [9.17, 15) is 25.0 Å². The van der Waals surface area contributed by atoms with Gasteiger partial charge in [0.1, 0.15) is 5.75 Å².